The van der Waals surface area contributed by atoms with E-state index in [4.69, 9.17) is 14.2 Å². The van der Waals surface area contributed by atoms with Crippen LogP contribution in [0, 0.1) is 0 Å². The molecule has 0 aromatic heterocycles. The van der Waals surface area contributed by atoms with E-state index in [0.717, 1.165) is 96.3 Å². The second kappa shape index (κ2) is 67.4. The molecule has 0 spiro atoms. The quantitative estimate of drug-likeness (QED) is 0.0261. The summed E-state index contributed by atoms with van der Waals surface area (Å²) in [5.74, 6) is -0.876. The number of ether oxygens (including phenoxy) is 3. The van der Waals surface area contributed by atoms with Crippen LogP contribution in [0.4, 0.5) is 0 Å². The van der Waals surface area contributed by atoms with Gasteiger partial charge in [-0.15, -0.1) is 0 Å². The third kappa shape index (κ3) is 65.5. The second-order valence-corrected chi connectivity index (χ2v) is 23.1. The molecule has 0 amide bonds. The van der Waals surface area contributed by atoms with Crippen LogP contribution in [-0.2, 0) is 28.6 Å². The van der Waals surface area contributed by atoms with Gasteiger partial charge in [0, 0.05) is 19.3 Å². The SMILES string of the molecule is CC/C=C\C/C=C\C/C=C\C/C=C\CCCCCCCCCCCCCCCCCCCCCCC(=O)OCC(COC(=O)CCCCCCC/C=C\CCCCC)OC(=O)CCCCCCC/C=C\CCCCCCCCC. The van der Waals surface area contributed by atoms with Gasteiger partial charge < -0.3 is 14.2 Å². The Morgan fingerprint density at radius 3 is 0.810 bits per heavy atom. The van der Waals surface area contributed by atoms with E-state index in [1.54, 1.807) is 0 Å². The molecule has 0 saturated carbocycles. The lowest BCUT2D eigenvalue weighted by atomic mass is 10.0. The highest BCUT2D eigenvalue weighted by Gasteiger charge is 2.19. The molecule has 0 saturated heterocycles. The molecule has 6 nitrogen and oxygen atoms in total. The van der Waals surface area contributed by atoms with Gasteiger partial charge in [0.15, 0.2) is 6.10 Å². The first kappa shape index (κ1) is 75.8. The van der Waals surface area contributed by atoms with Crippen LogP contribution in [-0.4, -0.2) is 37.2 Å². The maximum absolute atomic E-state index is 12.9. The molecule has 0 aliphatic heterocycles. The van der Waals surface area contributed by atoms with Crippen molar-refractivity contribution in [1.29, 1.82) is 0 Å². The molecule has 0 rings (SSSR count). The van der Waals surface area contributed by atoms with E-state index >= 15 is 0 Å². The van der Waals surface area contributed by atoms with Crippen molar-refractivity contribution in [3.8, 4) is 0 Å². The summed E-state index contributed by atoms with van der Waals surface area (Å²) in [5, 5.41) is 0. The van der Waals surface area contributed by atoms with E-state index < -0.39 is 6.10 Å². The topological polar surface area (TPSA) is 78.9 Å². The number of hydrogen-bond donors (Lipinski definition) is 0. The standard InChI is InChI=1S/C73H130O6/c1-4-7-10-13-16-19-22-25-27-29-30-31-32-33-34-35-36-37-38-39-40-41-42-43-44-45-47-48-51-54-57-60-63-66-72(75)78-69-70(68-77-71(74)65-62-59-56-53-50-24-21-18-15-12-9-6-3)79-73(76)67-64-61-58-55-52-49-46-28-26-23-20-17-14-11-8-5-2/h7,10,16,18-19,21,25,27-28,30-31,46,70H,4-6,8-9,11-15,17,20,22-24,26,29,32-45,47-69H2,1-3H3/b10-7-,19-16-,21-18-,27-25-,31-30-,46-28-. The lowest BCUT2D eigenvalue weighted by Crippen LogP contribution is -2.30. The Morgan fingerprint density at radius 1 is 0.266 bits per heavy atom. The van der Waals surface area contributed by atoms with Crippen LogP contribution in [0.1, 0.15) is 355 Å². The summed E-state index contributed by atoms with van der Waals surface area (Å²) in [7, 11) is 0. The van der Waals surface area contributed by atoms with Crippen molar-refractivity contribution in [3.63, 3.8) is 0 Å². The number of unbranched alkanes of at least 4 members (excludes halogenated alkanes) is 40. The minimum absolute atomic E-state index is 0.0767. The molecule has 0 radical (unpaired) electrons. The van der Waals surface area contributed by atoms with Gasteiger partial charge in [-0.2, -0.15) is 0 Å². The van der Waals surface area contributed by atoms with Crippen molar-refractivity contribution >= 4 is 17.9 Å². The van der Waals surface area contributed by atoms with Gasteiger partial charge in [0.05, 0.1) is 0 Å². The second-order valence-electron chi connectivity index (χ2n) is 23.1. The van der Waals surface area contributed by atoms with E-state index in [-0.39, 0.29) is 31.1 Å². The van der Waals surface area contributed by atoms with Crippen LogP contribution in [0.5, 0.6) is 0 Å². The first-order valence-electron chi connectivity index (χ1n) is 34.4. The first-order valence-corrected chi connectivity index (χ1v) is 34.4. The smallest absolute Gasteiger partial charge is 0.306 e. The lowest BCUT2D eigenvalue weighted by Gasteiger charge is -2.18. The van der Waals surface area contributed by atoms with Crippen LogP contribution in [0.2, 0.25) is 0 Å². The molecule has 0 fully saturated rings. The van der Waals surface area contributed by atoms with Crippen LogP contribution < -0.4 is 0 Å². The van der Waals surface area contributed by atoms with Gasteiger partial charge in [0.25, 0.3) is 0 Å². The maximum atomic E-state index is 12.9. The van der Waals surface area contributed by atoms with E-state index in [0.29, 0.717) is 19.3 Å². The molecule has 6 heteroatoms. The number of esters is 3. The third-order valence-electron chi connectivity index (χ3n) is 15.2. The Labute approximate surface area is 491 Å². The predicted molar refractivity (Wildman–Crippen MR) is 344 cm³/mol. The summed E-state index contributed by atoms with van der Waals surface area (Å²) in [6.45, 7) is 6.53. The van der Waals surface area contributed by atoms with E-state index in [1.807, 2.05) is 0 Å². The summed E-state index contributed by atoms with van der Waals surface area (Å²) in [6.07, 6.45) is 88.0. The fourth-order valence-electron chi connectivity index (χ4n) is 10.0. The number of carbonyl (C=O) groups excluding carboxylic acids is 3. The average Bonchev–Trinajstić information content (AvgIpc) is 3.45. The molecule has 0 aromatic rings. The van der Waals surface area contributed by atoms with E-state index in [2.05, 4.69) is 93.7 Å². The zero-order chi connectivity index (χ0) is 57.1. The molecule has 0 bridgehead atoms. The van der Waals surface area contributed by atoms with Crippen molar-refractivity contribution in [1.82, 2.24) is 0 Å². The fourth-order valence-corrected chi connectivity index (χ4v) is 10.0. The Hall–Kier alpha value is -3.15. The van der Waals surface area contributed by atoms with Crippen molar-refractivity contribution in [2.24, 2.45) is 0 Å². The summed E-state index contributed by atoms with van der Waals surface area (Å²) in [6, 6.07) is 0. The zero-order valence-electron chi connectivity index (χ0n) is 52.6. The highest BCUT2D eigenvalue weighted by Crippen LogP contribution is 2.17. The minimum atomic E-state index is -0.781. The zero-order valence-corrected chi connectivity index (χ0v) is 52.6. The van der Waals surface area contributed by atoms with Gasteiger partial charge in [-0.1, -0.05) is 299 Å². The van der Waals surface area contributed by atoms with Gasteiger partial charge in [0.2, 0.25) is 0 Å². The molecule has 0 aliphatic rings. The van der Waals surface area contributed by atoms with E-state index in [9.17, 15) is 14.4 Å². The van der Waals surface area contributed by atoms with Crippen LogP contribution in [0.15, 0.2) is 72.9 Å². The number of hydrogen-bond acceptors (Lipinski definition) is 6. The molecule has 0 aliphatic carbocycles. The molecule has 0 heterocycles. The minimum Gasteiger partial charge on any atom is -0.462 e. The molecule has 1 unspecified atom stereocenters. The van der Waals surface area contributed by atoms with Gasteiger partial charge in [0.1, 0.15) is 13.2 Å². The summed E-state index contributed by atoms with van der Waals surface area (Å²) < 4.78 is 16.9. The van der Waals surface area contributed by atoms with Gasteiger partial charge in [-0.05, 0) is 109 Å². The molecular weight excluding hydrogens is 973 g/mol. The van der Waals surface area contributed by atoms with Crippen molar-refractivity contribution in [2.45, 2.75) is 361 Å². The number of rotatable bonds is 63. The van der Waals surface area contributed by atoms with Crippen LogP contribution in [0.3, 0.4) is 0 Å². The molecule has 458 valence electrons. The average molecular weight is 1100 g/mol. The third-order valence-corrected chi connectivity index (χ3v) is 15.2. The normalized spacial score (nSPS) is 12.5. The first-order chi connectivity index (χ1) is 39.0. The highest BCUT2D eigenvalue weighted by molar-refractivity contribution is 5.71. The monoisotopic (exact) mass is 1100 g/mol. The largest absolute Gasteiger partial charge is 0.462 e. The maximum Gasteiger partial charge on any atom is 0.306 e. The lowest BCUT2D eigenvalue weighted by molar-refractivity contribution is -0.167. The van der Waals surface area contributed by atoms with Crippen molar-refractivity contribution in [2.75, 3.05) is 13.2 Å². The van der Waals surface area contributed by atoms with Gasteiger partial charge in [-0.25, -0.2) is 0 Å². The fraction of sp³-hybridized carbons (Fsp3) is 0.795. The van der Waals surface area contributed by atoms with E-state index in [1.165, 1.54) is 218 Å². The molecular formula is C73H130O6. The predicted octanol–water partition coefficient (Wildman–Crippen LogP) is 23.7. The van der Waals surface area contributed by atoms with Crippen LogP contribution in [0.25, 0.3) is 0 Å². The Bertz CT molecular complexity index is 1450. The van der Waals surface area contributed by atoms with Crippen LogP contribution >= 0.6 is 0 Å². The van der Waals surface area contributed by atoms with Gasteiger partial charge in [-0.3, -0.25) is 14.4 Å². The van der Waals surface area contributed by atoms with Gasteiger partial charge >= 0.3 is 17.9 Å². The molecule has 0 aromatic carbocycles. The van der Waals surface area contributed by atoms with Crippen molar-refractivity contribution < 1.29 is 28.6 Å². The summed E-state index contributed by atoms with van der Waals surface area (Å²) in [5.41, 5.74) is 0. The Balaban J connectivity index is 4.11. The molecule has 1 atom stereocenters. The summed E-state index contributed by atoms with van der Waals surface area (Å²) >= 11 is 0. The Kier molecular flexibility index (Phi) is 64.7. The summed E-state index contributed by atoms with van der Waals surface area (Å²) in [4.78, 5) is 38.3. The molecule has 79 heavy (non-hydrogen) atoms. The number of allylic oxidation sites excluding steroid dienone is 12. The van der Waals surface area contributed by atoms with Crippen molar-refractivity contribution in [3.05, 3.63) is 72.9 Å². The number of carbonyl (C=O) groups is 3. The highest BCUT2D eigenvalue weighted by atomic mass is 16.6. The Morgan fingerprint density at radius 2 is 0.494 bits per heavy atom. The molecule has 0 N–H and O–H groups in total.